The van der Waals surface area contributed by atoms with E-state index in [0.717, 1.165) is 25.9 Å². The van der Waals surface area contributed by atoms with Crippen LogP contribution in [-0.2, 0) is 9.59 Å². The minimum Gasteiger partial charge on any atom is -0.478 e. The first-order valence-electron chi connectivity index (χ1n) is 5.87. The minimum atomic E-state index is -0.913. The molecule has 1 fully saturated rings. The summed E-state index contributed by atoms with van der Waals surface area (Å²) in [5.41, 5.74) is 0.311. The summed E-state index contributed by atoms with van der Waals surface area (Å²) >= 11 is 0. The van der Waals surface area contributed by atoms with Crippen LogP contribution in [0, 0.1) is 0 Å². The molecule has 0 radical (unpaired) electrons. The van der Waals surface area contributed by atoms with Gasteiger partial charge in [0, 0.05) is 25.2 Å². The Labute approximate surface area is 102 Å². The van der Waals surface area contributed by atoms with Gasteiger partial charge in [-0.25, -0.2) is 4.79 Å². The number of rotatable bonds is 5. The second-order valence-corrected chi connectivity index (χ2v) is 4.48. The van der Waals surface area contributed by atoms with Gasteiger partial charge < -0.3 is 10.0 Å². The van der Waals surface area contributed by atoms with Gasteiger partial charge in [0.15, 0.2) is 0 Å². The molecule has 5 nitrogen and oxygen atoms in total. The molecule has 17 heavy (non-hydrogen) atoms. The van der Waals surface area contributed by atoms with Crippen LogP contribution in [-0.4, -0.2) is 60.0 Å². The third-order valence-corrected chi connectivity index (χ3v) is 2.91. The van der Waals surface area contributed by atoms with Crippen LogP contribution in [0.2, 0.25) is 0 Å². The maximum absolute atomic E-state index is 11.8. The number of likely N-dealkylation sites (N-methyl/N-ethyl adjacent to an activating group) is 1. The van der Waals surface area contributed by atoms with E-state index in [1.165, 1.54) is 0 Å². The Morgan fingerprint density at radius 1 is 1.35 bits per heavy atom. The zero-order chi connectivity index (χ0) is 12.8. The molecule has 5 heteroatoms. The number of carboxylic acid groups (broad SMARTS) is 1. The zero-order valence-electron chi connectivity index (χ0n) is 10.5. The molecule has 0 bridgehead atoms. The monoisotopic (exact) mass is 240 g/mol. The summed E-state index contributed by atoms with van der Waals surface area (Å²) in [6, 6.07) is 0. The van der Waals surface area contributed by atoms with Gasteiger partial charge in [-0.3, -0.25) is 9.69 Å². The van der Waals surface area contributed by atoms with Crippen LogP contribution < -0.4 is 0 Å². The standard InChI is InChI=1S/C12H20N2O3/c1-10(12(16)17)5-8-13(2)9-11(15)14-6-3-4-7-14/h5H,3-4,6-9H2,1-2H3,(H,16,17). The Morgan fingerprint density at radius 2 is 1.94 bits per heavy atom. The highest BCUT2D eigenvalue weighted by atomic mass is 16.4. The zero-order valence-corrected chi connectivity index (χ0v) is 10.5. The van der Waals surface area contributed by atoms with Gasteiger partial charge in [0.2, 0.25) is 5.91 Å². The maximum atomic E-state index is 11.8. The predicted molar refractivity (Wildman–Crippen MR) is 64.7 cm³/mol. The first-order valence-corrected chi connectivity index (χ1v) is 5.87. The van der Waals surface area contributed by atoms with Crippen molar-refractivity contribution < 1.29 is 14.7 Å². The van der Waals surface area contributed by atoms with Crippen LogP contribution in [0.5, 0.6) is 0 Å². The molecule has 1 heterocycles. The molecule has 0 aliphatic carbocycles. The summed E-state index contributed by atoms with van der Waals surface area (Å²) in [4.78, 5) is 26.1. The van der Waals surface area contributed by atoms with E-state index in [0.29, 0.717) is 18.7 Å². The van der Waals surface area contributed by atoms with Gasteiger partial charge in [-0.05, 0) is 26.8 Å². The lowest BCUT2D eigenvalue weighted by Gasteiger charge is -2.20. The normalized spacial score (nSPS) is 16.6. The number of carbonyl (C=O) groups excluding carboxylic acids is 1. The summed E-state index contributed by atoms with van der Waals surface area (Å²) in [6.07, 6.45) is 3.81. The number of carbonyl (C=O) groups is 2. The summed E-state index contributed by atoms with van der Waals surface area (Å²) in [7, 11) is 1.82. The van der Waals surface area contributed by atoms with Crippen molar-refractivity contribution in [3.8, 4) is 0 Å². The van der Waals surface area contributed by atoms with Crippen molar-refractivity contribution in [2.45, 2.75) is 19.8 Å². The smallest absolute Gasteiger partial charge is 0.330 e. The first-order chi connectivity index (χ1) is 8.00. The van der Waals surface area contributed by atoms with Crippen molar-refractivity contribution in [3.05, 3.63) is 11.6 Å². The first kappa shape index (κ1) is 13.7. The fraction of sp³-hybridized carbons (Fsp3) is 0.667. The SMILES string of the molecule is CC(=CCN(C)CC(=O)N1CCCC1)C(=O)O. The fourth-order valence-corrected chi connectivity index (χ4v) is 1.74. The van der Waals surface area contributed by atoms with Gasteiger partial charge in [-0.2, -0.15) is 0 Å². The van der Waals surface area contributed by atoms with E-state index >= 15 is 0 Å². The second kappa shape index (κ2) is 6.39. The van der Waals surface area contributed by atoms with Gasteiger partial charge in [-0.1, -0.05) is 6.08 Å². The van der Waals surface area contributed by atoms with E-state index in [9.17, 15) is 9.59 Å². The molecule has 0 atom stereocenters. The highest BCUT2D eigenvalue weighted by Crippen LogP contribution is 2.07. The van der Waals surface area contributed by atoms with E-state index in [-0.39, 0.29) is 5.91 Å². The summed E-state index contributed by atoms with van der Waals surface area (Å²) in [5.74, 6) is -0.782. The fourth-order valence-electron chi connectivity index (χ4n) is 1.74. The Balaban J connectivity index is 2.33. The van der Waals surface area contributed by atoms with E-state index in [2.05, 4.69) is 0 Å². The molecule has 0 aromatic carbocycles. The molecule has 0 aromatic rings. The average molecular weight is 240 g/mol. The van der Waals surface area contributed by atoms with Crippen LogP contribution in [0.15, 0.2) is 11.6 Å². The summed E-state index contributed by atoms with van der Waals surface area (Å²) < 4.78 is 0. The second-order valence-electron chi connectivity index (χ2n) is 4.48. The molecule has 1 aliphatic rings. The lowest BCUT2D eigenvalue weighted by atomic mass is 10.3. The number of hydrogen-bond donors (Lipinski definition) is 1. The van der Waals surface area contributed by atoms with E-state index in [1.807, 2.05) is 16.8 Å². The molecule has 1 aliphatic heterocycles. The van der Waals surface area contributed by atoms with Gasteiger partial charge in [0.05, 0.1) is 6.54 Å². The van der Waals surface area contributed by atoms with E-state index in [4.69, 9.17) is 5.11 Å². The predicted octanol–water partition coefficient (Wildman–Crippen LogP) is 0.571. The topological polar surface area (TPSA) is 60.9 Å². The Morgan fingerprint density at radius 3 is 2.47 bits per heavy atom. The van der Waals surface area contributed by atoms with Crippen molar-refractivity contribution in [2.75, 3.05) is 33.2 Å². The van der Waals surface area contributed by atoms with Crippen molar-refractivity contribution >= 4 is 11.9 Å². The Hall–Kier alpha value is -1.36. The van der Waals surface area contributed by atoms with Crippen molar-refractivity contribution in [3.63, 3.8) is 0 Å². The van der Waals surface area contributed by atoms with Crippen LogP contribution in [0.3, 0.4) is 0 Å². The molecular formula is C12H20N2O3. The minimum absolute atomic E-state index is 0.131. The van der Waals surface area contributed by atoms with Crippen molar-refractivity contribution in [1.29, 1.82) is 0 Å². The third-order valence-electron chi connectivity index (χ3n) is 2.91. The van der Waals surface area contributed by atoms with Crippen molar-refractivity contribution in [1.82, 2.24) is 9.80 Å². The highest BCUT2D eigenvalue weighted by Gasteiger charge is 2.18. The van der Waals surface area contributed by atoms with Gasteiger partial charge in [0.25, 0.3) is 0 Å². The maximum Gasteiger partial charge on any atom is 0.330 e. The summed E-state index contributed by atoms with van der Waals surface area (Å²) in [6.45, 7) is 4.10. The molecule has 1 saturated heterocycles. The van der Waals surface area contributed by atoms with Gasteiger partial charge >= 0.3 is 5.97 Å². The number of nitrogens with zero attached hydrogens (tertiary/aromatic N) is 2. The number of amides is 1. The van der Waals surface area contributed by atoms with Crippen LogP contribution in [0.1, 0.15) is 19.8 Å². The molecule has 0 aromatic heterocycles. The highest BCUT2D eigenvalue weighted by molar-refractivity contribution is 5.85. The lowest BCUT2D eigenvalue weighted by Crippen LogP contribution is -2.37. The largest absolute Gasteiger partial charge is 0.478 e. The molecule has 0 saturated carbocycles. The number of carboxylic acids is 1. The Kier molecular flexibility index (Phi) is 5.15. The average Bonchev–Trinajstić information content (AvgIpc) is 2.78. The van der Waals surface area contributed by atoms with Gasteiger partial charge in [0.1, 0.15) is 0 Å². The molecule has 1 amide bonds. The molecule has 0 spiro atoms. The van der Waals surface area contributed by atoms with Crippen LogP contribution in [0.25, 0.3) is 0 Å². The van der Waals surface area contributed by atoms with E-state index < -0.39 is 5.97 Å². The number of likely N-dealkylation sites (tertiary alicyclic amines) is 1. The number of aliphatic carboxylic acids is 1. The lowest BCUT2D eigenvalue weighted by molar-refractivity contribution is -0.132. The molecule has 1 N–H and O–H groups in total. The molecule has 0 unspecified atom stereocenters. The summed E-state index contributed by atoms with van der Waals surface area (Å²) in [5, 5.41) is 8.69. The van der Waals surface area contributed by atoms with E-state index in [1.54, 1.807) is 13.0 Å². The quantitative estimate of drug-likeness (QED) is 0.714. The van der Waals surface area contributed by atoms with Crippen molar-refractivity contribution in [2.24, 2.45) is 0 Å². The number of hydrogen-bond acceptors (Lipinski definition) is 3. The third kappa shape index (κ3) is 4.56. The molecular weight excluding hydrogens is 220 g/mol. The molecule has 1 rings (SSSR count). The Bertz CT molecular complexity index is 320. The van der Waals surface area contributed by atoms with Crippen LogP contribution in [0.4, 0.5) is 0 Å². The molecule has 96 valence electrons. The van der Waals surface area contributed by atoms with Crippen LogP contribution >= 0.6 is 0 Å². The van der Waals surface area contributed by atoms with Gasteiger partial charge in [-0.15, -0.1) is 0 Å².